The van der Waals surface area contributed by atoms with Crippen molar-refractivity contribution in [2.24, 2.45) is 5.73 Å². The van der Waals surface area contributed by atoms with Gasteiger partial charge in [0.15, 0.2) is 0 Å². The highest BCUT2D eigenvalue weighted by Gasteiger charge is 2.17. The van der Waals surface area contributed by atoms with Gasteiger partial charge in [-0.05, 0) is 18.4 Å². The fourth-order valence-corrected chi connectivity index (χ4v) is 1.58. The summed E-state index contributed by atoms with van der Waals surface area (Å²) in [5, 5.41) is 0. The molecule has 16 heavy (non-hydrogen) atoms. The monoisotopic (exact) mass is 213 g/mol. The second-order valence-electron chi connectivity index (χ2n) is 3.96. The van der Waals surface area contributed by atoms with E-state index in [1.165, 1.54) is 0 Å². The van der Waals surface area contributed by atoms with Gasteiger partial charge >= 0.3 is 0 Å². The molecule has 0 aliphatic carbocycles. The van der Waals surface area contributed by atoms with Crippen LogP contribution in [-0.2, 0) is 0 Å². The normalized spacial score (nSPS) is 11.6. The predicted molar refractivity (Wildman–Crippen MR) is 72.0 cm³/mol. The van der Waals surface area contributed by atoms with Gasteiger partial charge in [-0.3, -0.25) is 0 Å². The van der Waals surface area contributed by atoms with Crippen molar-refractivity contribution in [2.45, 2.75) is 18.4 Å². The Balaban J connectivity index is 2.78. The maximum absolute atomic E-state index is 6.24. The molecular weight excluding hydrogens is 194 g/mol. The lowest BCUT2D eigenvalue weighted by atomic mass is 9.91. The quantitative estimate of drug-likeness (QED) is 0.718. The van der Waals surface area contributed by atoms with Gasteiger partial charge in [-0.2, -0.15) is 0 Å². The Morgan fingerprint density at radius 2 is 1.62 bits per heavy atom. The van der Waals surface area contributed by atoms with Crippen molar-refractivity contribution in [1.29, 1.82) is 0 Å². The third-order valence-corrected chi connectivity index (χ3v) is 2.46. The summed E-state index contributed by atoms with van der Waals surface area (Å²) in [5.74, 6) is 0. The summed E-state index contributed by atoms with van der Waals surface area (Å²) in [4.78, 5) is 0. The first-order valence-corrected chi connectivity index (χ1v) is 5.45. The van der Waals surface area contributed by atoms with E-state index in [-0.39, 0.29) is 5.54 Å². The molecule has 0 heterocycles. The van der Waals surface area contributed by atoms with Crippen molar-refractivity contribution >= 4 is 6.08 Å². The highest BCUT2D eigenvalue weighted by molar-refractivity contribution is 5.50. The Bertz CT molecular complexity index is 352. The van der Waals surface area contributed by atoms with Crippen LogP contribution in [0.15, 0.2) is 61.7 Å². The third-order valence-electron chi connectivity index (χ3n) is 2.46. The van der Waals surface area contributed by atoms with Crippen molar-refractivity contribution in [2.75, 3.05) is 0 Å². The number of hydrogen-bond donors (Lipinski definition) is 1. The lowest BCUT2D eigenvalue weighted by Gasteiger charge is -2.22. The Morgan fingerprint density at radius 1 is 1.06 bits per heavy atom. The largest absolute Gasteiger partial charge is 0.321 e. The first kappa shape index (κ1) is 12.5. The summed E-state index contributed by atoms with van der Waals surface area (Å²) < 4.78 is 0. The molecule has 1 nitrogen and oxygen atoms in total. The average molecular weight is 213 g/mol. The minimum Gasteiger partial charge on any atom is -0.321 e. The van der Waals surface area contributed by atoms with E-state index in [9.17, 15) is 0 Å². The molecule has 0 unspecified atom stereocenters. The Labute approximate surface area is 98.0 Å². The molecule has 84 valence electrons. The minimum absolute atomic E-state index is 0.362. The molecule has 0 fully saturated rings. The zero-order valence-electron chi connectivity index (χ0n) is 9.60. The topological polar surface area (TPSA) is 26.0 Å². The summed E-state index contributed by atoms with van der Waals surface area (Å²) in [6.07, 6.45) is 9.28. The van der Waals surface area contributed by atoms with Crippen LogP contribution >= 0.6 is 0 Å². The van der Waals surface area contributed by atoms with Crippen molar-refractivity contribution in [3.05, 3.63) is 67.3 Å². The SMILES string of the molecule is C=CCC(N)(/C=C\c1ccccc1)CC=C. The smallest absolute Gasteiger partial charge is 0.0412 e. The first-order chi connectivity index (χ1) is 7.70. The van der Waals surface area contributed by atoms with Crippen molar-refractivity contribution < 1.29 is 0 Å². The standard InChI is InChI=1S/C15H19N/c1-3-11-15(16,12-4-2)13-10-14-8-6-5-7-9-14/h3-10,13H,1-2,11-12,16H2/b13-10-. The van der Waals surface area contributed by atoms with Crippen LogP contribution in [0.1, 0.15) is 18.4 Å². The van der Waals surface area contributed by atoms with Gasteiger partial charge in [-0.15, -0.1) is 13.2 Å². The van der Waals surface area contributed by atoms with Gasteiger partial charge in [0, 0.05) is 5.54 Å². The van der Waals surface area contributed by atoms with E-state index < -0.39 is 0 Å². The molecule has 1 heteroatoms. The molecule has 0 aliphatic rings. The highest BCUT2D eigenvalue weighted by atomic mass is 14.7. The fourth-order valence-electron chi connectivity index (χ4n) is 1.58. The van der Waals surface area contributed by atoms with Gasteiger partial charge in [0.2, 0.25) is 0 Å². The van der Waals surface area contributed by atoms with Crippen LogP contribution in [-0.4, -0.2) is 5.54 Å². The van der Waals surface area contributed by atoms with Crippen molar-refractivity contribution in [3.8, 4) is 0 Å². The van der Waals surface area contributed by atoms with E-state index in [0.717, 1.165) is 18.4 Å². The Morgan fingerprint density at radius 3 is 2.12 bits per heavy atom. The molecule has 1 aromatic carbocycles. The van der Waals surface area contributed by atoms with Gasteiger partial charge in [0.1, 0.15) is 0 Å². The van der Waals surface area contributed by atoms with E-state index in [1.807, 2.05) is 42.5 Å². The summed E-state index contributed by atoms with van der Waals surface area (Å²) in [6.45, 7) is 7.47. The molecule has 0 spiro atoms. The molecule has 2 N–H and O–H groups in total. The molecule has 0 bridgehead atoms. The van der Waals surface area contributed by atoms with Gasteiger partial charge in [0.05, 0.1) is 0 Å². The molecule has 0 atom stereocenters. The van der Waals surface area contributed by atoms with E-state index in [1.54, 1.807) is 0 Å². The first-order valence-electron chi connectivity index (χ1n) is 5.45. The van der Waals surface area contributed by atoms with Gasteiger partial charge in [-0.25, -0.2) is 0 Å². The zero-order chi connectivity index (χ0) is 11.9. The van der Waals surface area contributed by atoms with Crippen molar-refractivity contribution in [3.63, 3.8) is 0 Å². The number of nitrogens with two attached hydrogens (primary N) is 1. The highest BCUT2D eigenvalue weighted by Crippen LogP contribution is 2.17. The van der Waals surface area contributed by atoms with Gasteiger partial charge in [0.25, 0.3) is 0 Å². The summed E-state index contributed by atoms with van der Waals surface area (Å²) in [5.41, 5.74) is 7.03. The second-order valence-corrected chi connectivity index (χ2v) is 3.96. The van der Waals surface area contributed by atoms with Crippen LogP contribution in [0.4, 0.5) is 0 Å². The lowest BCUT2D eigenvalue weighted by molar-refractivity contribution is 0.546. The number of rotatable bonds is 6. The summed E-state index contributed by atoms with van der Waals surface area (Å²) in [6, 6.07) is 10.1. The molecule has 0 aromatic heterocycles. The van der Waals surface area contributed by atoms with Crippen LogP contribution in [0.2, 0.25) is 0 Å². The van der Waals surface area contributed by atoms with Crippen molar-refractivity contribution in [1.82, 2.24) is 0 Å². The summed E-state index contributed by atoms with van der Waals surface area (Å²) >= 11 is 0. The lowest BCUT2D eigenvalue weighted by Crippen LogP contribution is -2.36. The fraction of sp³-hybridized carbons (Fsp3) is 0.200. The minimum atomic E-state index is -0.362. The van der Waals surface area contributed by atoms with E-state index in [4.69, 9.17) is 5.73 Å². The Kier molecular flexibility index (Phi) is 4.74. The molecule has 0 saturated carbocycles. The zero-order valence-corrected chi connectivity index (χ0v) is 9.60. The predicted octanol–water partition coefficient (Wildman–Crippen LogP) is 3.55. The van der Waals surface area contributed by atoms with E-state index >= 15 is 0 Å². The number of benzene rings is 1. The number of hydrogen-bond acceptors (Lipinski definition) is 1. The van der Waals surface area contributed by atoms with E-state index in [2.05, 4.69) is 25.3 Å². The molecule has 0 aliphatic heterocycles. The molecule has 1 aromatic rings. The molecule has 0 saturated heterocycles. The van der Waals surface area contributed by atoms with Gasteiger partial charge in [-0.1, -0.05) is 54.6 Å². The maximum atomic E-state index is 6.24. The second kappa shape index (κ2) is 6.09. The molecular formula is C15H19N. The van der Waals surface area contributed by atoms with Crippen LogP contribution in [0.25, 0.3) is 6.08 Å². The Hall–Kier alpha value is -1.60. The average Bonchev–Trinajstić information content (AvgIpc) is 2.29. The molecule has 0 radical (unpaired) electrons. The molecule has 1 rings (SSSR count). The van der Waals surface area contributed by atoms with Crippen LogP contribution < -0.4 is 5.73 Å². The van der Waals surface area contributed by atoms with Crippen LogP contribution in [0.3, 0.4) is 0 Å². The maximum Gasteiger partial charge on any atom is 0.0412 e. The van der Waals surface area contributed by atoms with Gasteiger partial charge < -0.3 is 5.73 Å². The summed E-state index contributed by atoms with van der Waals surface area (Å²) in [7, 11) is 0. The molecule has 0 amide bonds. The van der Waals surface area contributed by atoms with E-state index in [0.29, 0.717) is 0 Å². The third kappa shape index (κ3) is 3.87. The van der Waals surface area contributed by atoms with Crippen LogP contribution in [0, 0.1) is 0 Å². The van der Waals surface area contributed by atoms with Crippen LogP contribution in [0.5, 0.6) is 0 Å².